The zero-order valence-corrected chi connectivity index (χ0v) is 24.7. The standard InChI is InChI=1S/C35H31N3O4S/c1-25-13-15-28(16-14-25)36-43(40,41)31-21-22-33-32(23-31)35(39)38(29-17-19-30(42-2)20-18-29)34(27-11-7-4-8-12-27)37(33)24-26-9-5-3-6-10-26/h3-23,34,36H,24H2,1-2H3/t34-/m0/s1. The minimum atomic E-state index is -3.97. The molecular weight excluding hydrogens is 558 g/mol. The number of ether oxygens (including phenoxy) is 1. The van der Waals surface area contributed by atoms with Gasteiger partial charge in [-0.1, -0.05) is 78.4 Å². The molecule has 1 N–H and O–H groups in total. The Labute approximate surface area is 252 Å². The Morgan fingerprint density at radius 1 is 0.791 bits per heavy atom. The van der Waals surface area contributed by atoms with Crippen LogP contribution in [0.25, 0.3) is 0 Å². The van der Waals surface area contributed by atoms with Crippen LogP contribution in [0, 0.1) is 6.92 Å². The van der Waals surface area contributed by atoms with E-state index in [2.05, 4.69) is 9.62 Å². The molecule has 0 aromatic heterocycles. The maximum Gasteiger partial charge on any atom is 0.262 e. The Morgan fingerprint density at radius 3 is 2.09 bits per heavy atom. The van der Waals surface area contributed by atoms with Crippen LogP contribution >= 0.6 is 0 Å². The number of hydrogen-bond donors (Lipinski definition) is 1. The smallest absolute Gasteiger partial charge is 0.262 e. The minimum absolute atomic E-state index is 0.00711. The number of fused-ring (bicyclic) bond motifs is 1. The summed E-state index contributed by atoms with van der Waals surface area (Å²) in [5.41, 5.74) is 5.06. The van der Waals surface area contributed by atoms with Gasteiger partial charge < -0.3 is 9.64 Å². The highest BCUT2D eigenvalue weighted by Gasteiger charge is 2.40. The maximum absolute atomic E-state index is 14.5. The van der Waals surface area contributed by atoms with Gasteiger partial charge in [-0.3, -0.25) is 14.4 Å². The molecule has 1 aliphatic heterocycles. The first kappa shape index (κ1) is 28.1. The summed E-state index contributed by atoms with van der Waals surface area (Å²) in [5.74, 6) is 0.368. The molecule has 0 fully saturated rings. The van der Waals surface area contributed by atoms with Gasteiger partial charge in [-0.05, 0) is 72.6 Å². The van der Waals surface area contributed by atoms with Gasteiger partial charge in [0, 0.05) is 17.9 Å². The van der Waals surface area contributed by atoms with Crippen LogP contribution in [0.4, 0.5) is 17.1 Å². The number of amides is 1. The summed E-state index contributed by atoms with van der Waals surface area (Å²) >= 11 is 0. The quantitative estimate of drug-likeness (QED) is 0.208. The molecule has 8 heteroatoms. The van der Waals surface area contributed by atoms with Crippen LogP contribution in [-0.2, 0) is 16.6 Å². The zero-order chi connectivity index (χ0) is 30.0. The lowest BCUT2D eigenvalue weighted by molar-refractivity contribution is 0.0968. The number of hydrogen-bond acceptors (Lipinski definition) is 5. The average molecular weight is 590 g/mol. The Bertz CT molecular complexity index is 1840. The Balaban J connectivity index is 1.51. The first-order valence-corrected chi connectivity index (χ1v) is 15.4. The molecule has 5 aromatic rings. The lowest BCUT2D eigenvalue weighted by Gasteiger charge is -2.46. The van der Waals surface area contributed by atoms with E-state index in [-0.39, 0.29) is 10.8 Å². The van der Waals surface area contributed by atoms with Crippen molar-refractivity contribution in [3.63, 3.8) is 0 Å². The molecule has 0 unspecified atom stereocenters. The molecule has 0 radical (unpaired) electrons. The number of carbonyl (C=O) groups is 1. The molecule has 216 valence electrons. The molecule has 1 aliphatic rings. The number of sulfonamides is 1. The molecule has 5 aromatic carbocycles. The van der Waals surface area contributed by atoms with Crippen molar-refractivity contribution in [3.05, 3.63) is 150 Å². The molecule has 43 heavy (non-hydrogen) atoms. The van der Waals surface area contributed by atoms with Gasteiger partial charge in [0.15, 0.2) is 0 Å². The second-order valence-corrected chi connectivity index (χ2v) is 12.1. The number of benzene rings is 5. The van der Waals surface area contributed by atoms with Crippen molar-refractivity contribution in [1.82, 2.24) is 0 Å². The summed E-state index contributed by atoms with van der Waals surface area (Å²) in [6.45, 7) is 2.42. The van der Waals surface area contributed by atoms with Gasteiger partial charge in [0.05, 0.1) is 23.3 Å². The Kier molecular flexibility index (Phi) is 7.61. The van der Waals surface area contributed by atoms with Gasteiger partial charge in [-0.15, -0.1) is 0 Å². The van der Waals surface area contributed by atoms with Gasteiger partial charge in [0.1, 0.15) is 11.9 Å². The van der Waals surface area contributed by atoms with Crippen molar-refractivity contribution in [2.75, 3.05) is 21.6 Å². The van der Waals surface area contributed by atoms with Gasteiger partial charge >= 0.3 is 0 Å². The van der Waals surface area contributed by atoms with Crippen LogP contribution in [0.1, 0.15) is 33.2 Å². The third-order valence-electron chi connectivity index (χ3n) is 7.52. The SMILES string of the molecule is COc1ccc(N2C(=O)c3cc(S(=O)(=O)Nc4ccc(C)cc4)ccc3N(Cc3ccccc3)[C@@H]2c2ccccc2)cc1. The number of nitrogens with zero attached hydrogens (tertiary/aromatic N) is 2. The molecule has 0 bridgehead atoms. The Morgan fingerprint density at radius 2 is 1.44 bits per heavy atom. The van der Waals surface area contributed by atoms with Crippen LogP contribution in [0.5, 0.6) is 5.75 Å². The van der Waals surface area contributed by atoms with E-state index < -0.39 is 16.2 Å². The number of methoxy groups -OCH3 is 1. The molecule has 0 aliphatic carbocycles. The summed E-state index contributed by atoms with van der Waals surface area (Å²) in [6.07, 6.45) is -0.497. The third kappa shape index (κ3) is 5.69. The highest BCUT2D eigenvalue weighted by atomic mass is 32.2. The normalized spacial score (nSPS) is 14.7. The molecule has 0 saturated heterocycles. The first-order chi connectivity index (χ1) is 20.8. The zero-order valence-electron chi connectivity index (χ0n) is 23.8. The topological polar surface area (TPSA) is 78.9 Å². The van der Waals surface area contributed by atoms with Crippen LogP contribution in [0.15, 0.2) is 132 Å². The second-order valence-electron chi connectivity index (χ2n) is 10.4. The van der Waals surface area contributed by atoms with E-state index in [0.717, 1.165) is 16.7 Å². The van der Waals surface area contributed by atoms with Gasteiger partial charge in [0.2, 0.25) is 0 Å². The summed E-state index contributed by atoms with van der Waals surface area (Å²) in [5, 5.41) is 0. The number of rotatable bonds is 8. The van der Waals surface area contributed by atoms with E-state index in [4.69, 9.17) is 4.74 Å². The maximum atomic E-state index is 14.5. The number of carbonyl (C=O) groups excluding carboxylic acids is 1. The lowest BCUT2D eigenvalue weighted by atomic mass is 9.99. The summed E-state index contributed by atoms with van der Waals surface area (Å²) in [6, 6.07) is 39.1. The molecule has 0 saturated carbocycles. The minimum Gasteiger partial charge on any atom is -0.497 e. The number of aryl methyl sites for hydroxylation is 1. The monoisotopic (exact) mass is 589 g/mol. The predicted molar refractivity (Wildman–Crippen MR) is 170 cm³/mol. The molecule has 0 spiro atoms. The van der Waals surface area contributed by atoms with E-state index in [1.807, 2.05) is 104 Å². The van der Waals surface area contributed by atoms with Crippen molar-refractivity contribution >= 4 is 33.0 Å². The highest BCUT2D eigenvalue weighted by molar-refractivity contribution is 7.92. The molecule has 7 nitrogen and oxygen atoms in total. The largest absolute Gasteiger partial charge is 0.497 e. The van der Waals surface area contributed by atoms with Crippen molar-refractivity contribution in [2.45, 2.75) is 24.5 Å². The van der Waals surface area contributed by atoms with Crippen LogP contribution in [-0.4, -0.2) is 21.4 Å². The predicted octanol–water partition coefficient (Wildman–Crippen LogP) is 7.17. The van der Waals surface area contributed by atoms with E-state index >= 15 is 0 Å². The highest BCUT2D eigenvalue weighted by Crippen LogP contribution is 2.43. The van der Waals surface area contributed by atoms with Gasteiger partial charge in [0.25, 0.3) is 15.9 Å². The average Bonchev–Trinajstić information content (AvgIpc) is 3.04. The summed E-state index contributed by atoms with van der Waals surface area (Å²) in [4.78, 5) is 18.4. The van der Waals surface area contributed by atoms with Crippen molar-refractivity contribution in [2.24, 2.45) is 0 Å². The first-order valence-electron chi connectivity index (χ1n) is 13.9. The van der Waals surface area contributed by atoms with Gasteiger partial charge in [-0.25, -0.2) is 8.42 Å². The molecular formula is C35H31N3O4S. The van der Waals surface area contributed by atoms with E-state index in [9.17, 15) is 13.2 Å². The van der Waals surface area contributed by atoms with Gasteiger partial charge in [-0.2, -0.15) is 0 Å². The van der Waals surface area contributed by atoms with E-state index in [1.165, 1.54) is 6.07 Å². The fraction of sp³-hybridized carbons (Fsp3) is 0.114. The number of nitrogens with one attached hydrogen (secondary N) is 1. The fourth-order valence-electron chi connectivity index (χ4n) is 5.36. The summed E-state index contributed by atoms with van der Waals surface area (Å²) in [7, 11) is -2.38. The van der Waals surface area contributed by atoms with Crippen molar-refractivity contribution < 1.29 is 17.9 Å². The van der Waals surface area contributed by atoms with Crippen LogP contribution in [0.3, 0.4) is 0 Å². The molecule has 1 atom stereocenters. The number of anilines is 3. The third-order valence-corrected chi connectivity index (χ3v) is 8.90. The van der Waals surface area contributed by atoms with Crippen molar-refractivity contribution in [3.8, 4) is 5.75 Å². The summed E-state index contributed by atoms with van der Waals surface area (Å²) < 4.78 is 35.0. The van der Waals surface area contributed by atoms with Crippen molar-refractivity contribution in [1.29, 1.82) is 0 Å². The molecule has 6 rings (SSSR count). The van der Waals surface area contributed by atoms with E-state index in [1.54, 1.807) is 36.3 Å². The van der Waals surface area contributed by atoms with E-state index in [0.29, 0.717) is 34.9 Å². The second kappa shape index (κ2) is 11.7. The van der Waals surface area contributed by atoms with Crippen LogP contribution in [0.2, 0.25) is 0 Å². The molecule has 1 heterocycles. The van der Waals surface area contributed by atoms with Crippen LogP contribution < -0.4 is 19.3 Å². The fourth-order valence-corrected chi connectivity index (χ4v) is 6.44. The molecule has 1 amide bonds. The lowest BCUT2D eigenvalue weighted by Crippen LogP contribution is -2.49. The Hall–Kier alpha value is -5.08.